The molecule has 0 aliphatic heterocycles. The van der Waals surface area contributed by atoms with Gasteiger partial charge in [-0.1, -0.05) is 29.3 Å². The second kappa shape index (κ2) is 7.40. The first kappa shape index (κ1) is 18.1. The van der Waals surface area contributed by atoms with Crippen molar-refractivity contribution in [1.29, 1.82) is 0 Å². The number of para-hydroxylation sites is 1. The van der Waals surface area contributed by atoms with Crippen molar-refractivity contribution in [2.75, 3.05) is 5.32 Å². The van der Waals surface area contributed by atoms with Gasteiger partial charge in [0.2, 0.25) is 0 Å². The Morgan fingerprint density at radius 1 is 1.15 bits per heavy atom. The molecule has 0 bridgehead atoms. The highest BCUT2D eigenvalue weighted by Gasteiger charge is 2.15. The minimum absolute atomic E-state index is 0.177. The topological polar surface area (TPSA) is 88.8 Å². The van der Waals surface area contributed by atoms with Crippen LogP contribution in [0.4, 0.5) is 11.6 Å². The quantitative estimate of drug-likeness (QED) is 0.460. The van der Waals surface area contributed by atoms with Crippen LogP contribution in [0.1, 0.15) is 5.69 Å². The molecule has 0 radical (unpaired) electrons. The maximum Gasteiger partial charge on any atom is 0.142 e. The molecular weight excluding hydrogens is 455 g/mol. The van der Waals surface area contributed by atoms with Crippen LogP contribution < -0.4 is 5.32 Å². The highest BCUT2D eigenvalue weighted by Crippen LogP contribution is 2.33. The number of pyridine rings is 1. The molecule has 4 aromatic rings. The van der Waals surface area contributed by atoms with E-state index in [1.54, 1.807) is 41.3 Å². The Labute approximate surface area is 172 Å². The lowest BCUT2D eigenvalue weighted by Gasteiger charge is -2.06. The van der Waals surface area contributed by atoms with Gasteiger partial charge in [-0.05, 0) is 28.1 Å². The predicted octanol–water partition coefficient (Wildman–Crippen LogP) is 4.52. The lowest BCUT2D eigenvalue weighted by Crippen LogP contribution is -1.99. The van der Waals surface area contributed by atoms with Crippen LogP contribution in [0.25, 0.3) is 16.6 Å². The first-order valence-electron chi connectivity index (χ1n) is 7.74. The fraction of sp³-hybridized carbons (Fsp3) is 0.0588. The molecule has 3 aromatic heterocycles. The van der Waals surface area contributed by atoms with E-state index < -0.39 is 0 Å². The zero-order valence-electron chi connectivity index (χ0n) is 13.6. The molecule has 1 aromatic carbocycles. The summed E-state index contributed by atoms with van der Waals surface area (Å²) in [6.07, 6.45) is 4.80. The SMILES string of the molecule is OCc1cc(Nc2ncc(Br)c3nn(-c4c(Cl)cccc4Cl)cc23)ncn1. The Morgan fingerprint density at radius 2 is 1.93 bits per heavy atom. The summed E-state index contributed by atoms with van der Waals surface area (Å²) in [6, 6.07) is 6.92. The van der Waals surface area contributed by atoms with Gasteiger partial charge in [0.05, 0.1) is 32.2 Å². The number of rotatable bonds is 4. The van der Waals surface area contributed by atoms with Crippen LogP contribution in [0.15, 0.2) is 47.5 Å². The second-order valence-corrected chi connectivity index (χ2v) is 7.21. The molecule has 0 amide bonds. The summed E-state index contributed by atoms with van der Waals surface area (Å²) in [7, 11) is 0. The van der Waals surface area contributed by atoms with Crippen LogP contribution in [0, 0.1) is 0 Å². The van der Waals surface area contributed by atoms with Gasteiger partial charge in [0.15, 0.2) is 0 Å². The number of hydrogen-bond donors (Lipinski definition) is 2. The molecule has 0 saturated heterocycles. The lowest BCUT2D eigenvalue weighted by molar-refractivity contribution is 0.276. The molecule has 4 rings (SSSR count). The molecule has 27 heavy (non-hydrogen) atoms. The number of hydrogen-bond acceptors (Lipinski definition) is 6. The van der Waals surface area contributed by atoms with E-state index in [-0.39, 0.29) is 6.61 Å². The molecule has 0 spiro atoms. The fourth-order valence-electron chi connectivity index (χ4n) is 2.57. The zero-order valence-corrected chi connectivity index (χ0v) is 16.7. The van der Waals surface area contributed by atoms with Crippen LogP contribution in [-0.4, -0.2) is 29.8 Å². The molecule has 0 atom stereocenters. The number of anilines is 2. The van der Waals surface area contributed by atoms with Gasteiger partial charge in [0.1, 0.15) is 29.2 Å². The number of aromatic nitrogens is 5. The molecule has 136 valence electrons. The van der Waals surface area contributed by atoms with E-state index in [1.165, 1.54) is 6.33 Å². The van der Waals surface area contributed by atoms with Gasteiger partial charge in [0.25, 0.3) is 0 Å². The molecular formula is C17H11BrCl2N6O. The number of nitrogens with one attached hydrogen (secondary N) is 1. The summed E-state index contributed by atoms with van der Waals surface area (Å²) in [4.78, 5) is 12.5. The molecule has 0 fully saturated rings. The molecule has 0 aliphatic carbocycles. The van der Waals surface area contributed by atoms with Gasteiger partial charge in [-0.3, -0.25) is 0 Å². The van der Waals surface area contributed by atoms with Gasteiger partial charge in [-0.25, -0.2) is 19.6 Å². The number of aliphatic hydroxyl groups is 1. The van der Waals surface area contributed by atoms with E-state index in [9.17, 15) is 5.11 Å². The second-order valence-electron chi connectivity index (χ2n) is 5.54. The lowest BCUT2D eigenvalue weighted by atomic mass is 10.3. The third-order valence-electron chi connectivity index (χ3n) is 3.80. The van der Waals surface area contributed by atoms with Crippen molar-refractivity contribution in [3.8, 4) is 5.69 Å². The minimum atomic E-state index is -0.177. The predicted molar refractivity (Wildman–Crippen MR) is 108 cm³/mol. The Balaban J connectivity index is 1.83. The summed E-state index contributed by atoms with van der Waals surface area (Å²) < 4.78 is 2.34. The summed E-state index contributed by atoms with van der Waals surface area (Å²) >= 11 is 16.1. The van der Waals surface area contributed by atoms with Crippen molar-refractivity contribution >= 4 is 61.7 Å². The van der Waals surface area contributed by atoms with Crippen molar-refractivity contribution < 1.29 is 5.11 Å². The number of fused-ring (bicyclic) bond motifs is 1. The summed E-state index contributed by atoms with van der Waals surface area (Å²) in [5.41, 5.74) is 1.76. The average Bonchev–Trinajstić information content (AvgIpc) is 3.10. The van der Waals surface area contributed by atoms with Crippen LogP contribution in [0.2, 0.25) is 10.0 Å². The Kier molecular flexibility index (Phi) is 4.96. The Bertz CT molecular complexity index is 1130. The Morgan fingerprint density at radius 3 is 2.67 bits per heavy atom. The molecule has 3 heterocycles. The van der Waals surface area contributed by atoms with E-state index in [2.05, 4.69) is 41.3 Å². The largest absolute Gasteiger partial charge is 0.390 e. The monoisotopic (exact) mass is 464 g/mol. The average molecular weight is 466 g/mol. The van der Waals surface area contributed by atoms with Crippen molar-refractivity contribution in [2.24, 2.45) is 0 Å². The summed E-state index contributed by atoms with van der Waals surface area (Å²) in [5, 5.41) is 18.7. The number of halogens is 3. The van der Waals surface area contributed by atoms with Crippen molar-refractivity contribution in [1.82, 2.24) is 24.7 Å². The van der Waals surface area contributed by atoms with E-state index in [1.807, 2.05) is 0 Å². The molecule has 0 unspecified atom stereocenters. The molecule has 7 nitrogen and oxygen atoms in total. The van der Waals surface area contributed by atoms with Crippen molar-refractivity contribution in [3.63, 3.8) is 0 Å². The summed E-state index contributed by atoms with van der Waals surface area (Å²) in [6.45, 7) is -0.177. The first-order valence-corrected chi connectivity index (χ1v) is 9.29. The number of nitrogens with zero attached hydrogens (tertiary/aromatic N) is 5. The van der Waals surface area contributed by atoms with Gasteiger partial charge >= 0.3 is 0 Å². The van der Waals surface area contributed by atoms with Crippen LogP contribution in [-0.2, 0) is 6.61 Å². The first-order chi connectivity index (χ1) is 13.1. The third-order valence-corrected chi connectivity index (χ3v) is 4.99. The van der Waals surface area contributed by atoms with Crippen LogP contribution in [0.3, 0.4) is 0 Å². The highest BCUT2D eigenvalue weighted by atomic mass is 79.9. The van der Waals surface area contributed by atoms with Gasteiger partial charge in [-0.15, -0.1) is 0 Å². The van der Waals surface area contributed by atoms with Gasteiger partial charge in [0, 0.05) is 18.5 Å². The molecule has 0 aliphatic rings. The zero-order chi connectivity index (χ0) is 19.0. The normalized spacial score (nSPS) is 11.1. The van der Waals surface area contributed by atoms with Crippen LogP contribution >= 0.6 is 39.1 Å². The van der Waals surface area contributed by atoms with Gasteiger partial charge < -0.3 is 10.4 Å². The van der Waals surface area contributed by atoms with E-state index in [0.29, 0.717) is 38.6 Å². The van der Waals surface area contributed by atoms with Crippen molar-refractivity contribution in [2.45, 2.75) is 6.61 Å². The third kappa shape index (κ3) is 3.49. The fourth-order valence-corrected chi connectivity index (χ4v) is 3.54. The maximum absolute atomic E-state index is 9.24. The molecule has 0 saturated carbocycles. The summed E-state index contributed by atoms with van der Waals surface area (Å²) in [5.74, 6) is 1.05. The van der Waals surface area contributed by atoms with Gasteiger partial charge in [-0.2, -0.15) is 5.10 Å². The maximum atomic E-state index is 9.24. The number of aliphatic hydroxyl groups excluding tert-OH is 1. The van der Waals surface area contributed by atoms with E-state index in [0.717, 1.165) is 9.86 Å². The standard InChI is InChI=1S/C17H11BrCl2N6O/c18-11-5-21-17(24-14-4-9(7-27)22-8-23-14)10-6-26(25-15(10)11)16-12(19)2-1-3-13(16)20/h1-6,8,27H,7H2,(H,21,22,23,24). The minimum Gasteiger partial charge on any atom is -0.390 e. The smallest absolute Gasteiger partial charge is 0.142 e. The van der Waals surface area contributed by atoms with Crippen LogP contribution in [0.5, 0.6) is 0 Å². The number of benzene rings is 1. The Hall–Kier alpha value is -2.26. The van der Waals surface area contributed by atoms with E-state index >= 15 is 0 Å². The van der Waals surface area contributed by atoms with E-state index in [4.69, 9.17) is 23.2 Å². The molecule has 10 heteroatoms. The van der Waals surface area contributed by atoms with Crippen molar-refractivity contribution in [3.05, 3.63) is 63.2 Å². The highest BCUT2D eigenvalue weighted by molar-refractivity contribution is 9.10. The molecule has 2 N–H and O–H groups in total.